The van der Waals surface area contributed by atoms with E-state index in [1.807, 2.05) is 73.3 Å². The first kappa shape index (κ1) is 23.3. The molecule has 0 spiro atoms. The fourth-order valence-corrected chi connectivity index (χ4v) is 4.46. The predicted molar refractivity (Wildman–Crippen MR) is 139 cm³/mol. The molecule has 1 heterocycles. The second-order valence-electron chi connectivity index (χ2n) is 7.99. The molecule has 3 aromatic rings. The molecule has 0 saturated carbocycles. The van der Waals surface area contributed by atoms with Gasteiger partial charge in [-0.05, 0) is 61.5 Å². The molecule has 0 radical (unpaired) electrons. The SMILES string of the molecule is COc1ccc(NC(=O)C2=C(C)N(c3cccc(C)c3)C(=S)NC2c2ccccc2)c(OC)c1. The van der Waals surface area contributed by atoms with Crippen LogP contribution in [0.25, 0.3) is 0 Å². The van der Waals surface area contributed by atoms with E-state index in [1.165, 1.54) is 0 Å². The third kappa shape index (κ3) is 4.61. The van der Waals surface area contributed by atoms with Crippen LogP contribution in [0.2, 0.25) is 0 Å². The Labute approximate surface area is 205 Å². The number of thiocarbonyl (C=S) groups is 1. The van der Waals surface area contributed by atoms with E-state index in [9.17, 15) is 4.79 Å². The topological polar surface area (TPSA) is 62.8 Å². The Kier molecular flexibility index (Phi) is 6.84. The second kappa shape index (κ2) is 9.97. The van der Waals surface area contributed by atoms with Gasteiger partial charge in [-0.3, -0.25) is 9.69 Å². The Morgan fingerprint density at radius 2 is 1.74 bits per heavy atom. The number of carbonyl (C=O) groups is 1. The predicted octanol–water partition coefficient (Wildman–Crippen LogP) is 5.36. The van der Waals surface area contributed by atoms with Gasteiger partial charge in [-0.2, -0.15) is 0 Å². The van der Waals surface area contributed by atoms with Crippen molar-refractivity contribution < 1.29 is 14.3 Å². The van der Waals surface area contributed by atoms with Crippen LogP contribution in [0.1, 0.15) is 24.1 Å². The molecular weight excluding hydrogens is 446 g/mol. The van der Waals surface area contributed by atoms with Gasteiger partial charge in [-0.25, -0.2) is 0 Å². The summed E-state index contributed by atoms with van der Waals surface area (Å²) in [7, 11) is 3.14. The van der Waals surface area contributed by atoms with Gasteiger partial charge in [-0.15, -0.1) is 0 Å². The van der Waals surface area contributed by atoms with Crippen molar-refractivity contribution in [3.05, 3.63) is 95.2 Å². The smallest absolute Gasteiger partial charge is 0.255 e. The number of ether oxygens (including phenoxy) is 2. The lowest BCUT2D eigenvalue weighted by molar-refractivity contribution is -0.113. The average molecular weight is 474 g/mol. The van der Waals surface area contributed by atoms with E-state index in [0.717, 1.165) is 22.5 Å². The molecule has 0 saturated heterocycles. The van der Waals surface area contributed by atoms with E-state index in [-0.39, 0.29) is 5.91 Å². The minimum atomic E-state index is -0.404. The van der Waals surface area contributed by atoms with Crippen LogP contribution in [0, 0.1) is 6.92 Å². The maximum absolute atomic E-state index is 13.8. The highest BCUT2D eigenvalue weighted by atomic mass is 32.1. The Morgan fingerprint density at radius 1 is 0.971 bits per heavy atom. The molecule has 3 aromatic carbocycles. The summed E-state index contributed by atoms with van der Waals surface area (Å²) >= 11 is 5.76. The third-order valence-corrected chi connectivity index (χ3v) is 6.08. The van der Waals surface area contributed by atoms with Crippen LogP contribution >= 0.6 is 12.2 Å². The highest BCUT2D eigenvalue weighted by Gasteiger charge is 2.34. The van der Waals surface area contributed by atoms with Gasteiger partial charge >= 0.3 is 0 Å². The van der Waals surface area contributed by atoms with Crippen LogP contribution in [-0.4, -0.2) is 25.2 Å². The van der Waals surface area contributed by atoms with Gasteiger partial charge < -0.3 is 20.1 Å². The molecule has 7 heteroatoms. The van der Waals surface area contributed by atoms with Gasteiger partial charge in [0.05, 0.1) is 31.5 Å². The fourth-order valence-electron chi connectivity index (χ4n) is 4.10. The molecule has 1 amide bonds. The summed E-state index contributed by atoms with van der Waals surface area (Å²) in [6.07, 6.45) is 0. The number of carbonyl (C=O) groups excluding carboxylic acids is 1. The minimum absolute atomic E-state index is 0.248. The summed E-state index contributed by atoms with van der Waals surface area (Å²) in [4.78, 5) is 15.7. The number of methoxy groups -OCH3 is 2. The summed E-state index contributed by atoms with van der Waals surface area (Å²) in [6.45, 7) is 3.95. The van der Waals surface area contributed by atoms with Crippen LogP contribution in [0.15, 0.2) is 84.1 Å². The lowest BCUT2D eigenvalue weighted by Crippen LogP contribution is -2.48. The number of nitrogens with one attached hydrogen (secondary N) is 2. The number of benzene rings is 3. The van der Waals surface area contributed by atoms with Gasteiger partial charge in [0.25, 0.3) is 5.91 Å². The van der Waals surface area contributed by atoms with Crippen LogP contribution in [-0.2, 0) is 4.79 Å². The molecule has 1 aliphatic rings. The fraction of sp³-hybridized carbons (Fsp3) is 0.185. The molecule has 0 bridgehead atoms. The normalized spacial score (nSPS) is 15.6. The first-order valence-electron chi connectivity index (χ1n) is 10.9. The van der Waals surface area contributed by atoms with Crippen molar-refractivity contribution in [2.45, 2.75) is 19.9 Å². The zero-order chi connectivity index (χ0) is 24.2. The van der Waals surface area contributed by atoms with Gasteiger partial charge in [-0.1, -0.05) is 42.5 Å². The second-order valence-corrected chi connectivity index (χ2v) is 8.37. The molecule has 0 aliphatic carbocycles. The molecule has 1 atom stereocenters. The number of anilines is 2. The van der Waals surface area contributed by atoms with Crippen LogP contribution in [0.5, 0.6) is 11.5 Å². The van der Waals surface area contributed by atoms with E-state index in [1.54, 1.807) is 32.4 Å². The molecular formula is C27H27N3O3S. The molecule has 4 rings (SSSR count). The lowest BCUT2D eigenvalue weighted by Gasteiger charge is -2.38. The molecule has 0 fully saturated rings. The number of nitrogens with zero attached hydrogens (tertiary/aromatic N) is 1. The third-order valence-electron chi connectivity index (χ3n) is 5.78. The van der Waals surface area contributed by atoms with Crippen LogP contribution in [0.4, 0.5) is 11.4 Å². The van der Waals surface area contributed by atoms with Crippen molar-refractivity contribution >= 4 is 34.6 Å². The highest BCUT2D eigenvalue weighted by Crippen LogP contribution is 2.36. The van der Waals surface area contributed by atoms with Crippen molar-refractivity contribution in [1.82, 2.24) is 5.32 Å². The summed E-state index contributed by atoms with van der Waals surface area (Å²) in [6, 6.07) is 22.7. The van der Waals surface area contributed by atoms with Gasteiger partial charge in [0, 0.05) is 17.5 Å². The van der Waals surface area contributed by atoms with E-state index in [0.29, 0.717) is 27.9 Å². The van der Waals surface area contributed by atoms with Gasteiger partial charge in [0.1, 0.15) is 11.5 Å². The molecule has 1 unspecified atom stereocenters. The zero-order valence-electron chi connectivity index (χ0n) is 19.6. The van der Waals surface area contributed by atoms with Crippen molar-refractivity contribution in [3.8, 4) is 11.5 Å². The van der Waals surface area contributed by atoms with E-state index in [4.69, 9.17) is 21.7 Å². The number of amides is 1. The van der Waals surface area contributed by atoms with E-state index >= 15 is 0 Å². The number of hydrogen-bond acceptors (Lipinski definition) is 4. The highest BCUT2D eigenvalue weighted by molar-refractivity contribution is 7.80. The van der Waals surface area contributed by atoms with Gasteiger partial charge in [0.15, 0.2) is 5.11 Å². The molecule has 2 N–H and O–H groups in total. The number of aryl methyl sites for hydroxylation is 1. The van der Waals surface area contributed by atoms with Gasteiger partial charge in [0.2, 0.25) is 0 Å². The minimum Gasteiger partial charge on any atom is -0.497 e. The van der Waals surface area contributed by atoms with E-state index in [2.05, 4.69) is 10.6 Å². The molecule has 0 aromatic heterocycles. The molecule has 174 valence electrons. The molecule has 34 heavy (non-hydrogen) atoms. The Balaban J connectivity index is 1.80. The summed E-state index contributed by atoms with van der Waals surface area (Å²) in [5.41, 5.74) is 4.82. The Morgan fingerprint density at radius 3 is 2.41 bits per heavy atom. The van der Waals surface area contributed by atoms with Crippen molar-refractivity contribution in [2.24, 2.45) is 0 Å². The van der Waals surface area contributed by atoms with Crippen molar-refractivity contribution in [1.29, 1.82) is 0 Å². The Bertz CT molecular complexity index is 1260. The zero-order valence-corrected chi connectivity index (χ0v) is 20.4. The average Bonchev–Trinajstić information content (AvgIpc) is 2.84. The largest absolute Gasteiger partial charge is 0.497 e. The monoisotopic (exact) mass is 473 g/mol. The lowest BCUT2D eigenvalue weighted by atomic mass is 9.94. The first-order valence-corrected chi connectivity index (χ1v) is 11.3. The quantitative estimate of drug-likeness (QED) is 0.470. The first-order chi connectivity index (χ1) is 16.4. The molecule has 6 nitrogen and oxygen atoms in total. The number of rotatable bonds is 6. The van der Waals surface area contributed by atoms with Crippen molar-refractivity contribution in [2.75, 3.05) is 24.4 Å². The maximum Gasteiger partial charge on any atom is 0.255 e. The number of allylic oxidation sites excluding steroid dienone is 1. The van der Waals surface area contributed by atoms with Crippen molar-refractivity contribution in [3.63, 3.8) is 0 Å². The maximum atomic E-state index is 13.8. The Hall–Kier alpha value is -3.84. The number of hydrogen-bond donors (Lipinski definition) is 2. The van der Waals surface area contributed by atoms with Crippen LogP contribution in [0.3, 0.4) is 0 Å². The standard InChI is InChI=1S/C27H27N3O3S/c1-17-9-8-12-20(15-17)30-18(2)24(25(29-27(30)34)19-10-6-5-7-11-19)26(31)28-22-14-13-21(32-3)16-23(22)33-4/h5-16,25H,1-4H3,(H,28,31)(H,29,34). The molecule has 1 aliphatic heterocycles. The summed E-state index contributed by atoms with van der Waals surface area (Å²) in [5, 5.41) is 6.94. The summed E-state index contributed by atoms with van der Waals surface area (Å²) < 4.78 is 10.8. The van der Waals surface area contributed by atoms with E-state index < -0.39 is 6.04 Å². The summed E-state index contributed by atoms with van der Waals surface area (Å²) in [5.74, 6) is 0.905. The van der Waals surface area contributed by atoms with Crippen LogP contribution < -0.4 is 25.0 Å².